The Labute approximate surface area is 207 Å². The first-order valence-corrected chi connectivity index (χ1v) is 12.4. The smallest absolute Gasteiger partial charge is 0.195 e. The van der Waals surface area contributed by atoms with E-state index in [4.69, 9.17) is 4.74 Å². The van der Waals surface area contributed by atoms with Crippen LogP contribution in [0.15, 0.2) is 66.7 Å². The molecule has 0 aliphatic carbocycles. The van der Waals surface area contributed by atoms with Gasteiger partial charge in [0.2, 0.25) is 0 Å². The van der Waals surface area contributed by atoms with Gasteiger partial charge < -0.3 is 14.9 Å². The van der Waals surface area contributed by atoms with Crippen molar-refractivity contribution in [1.29, 1.82) is 0 Å². The second-order valence-electron chi connectivity index (χ2n) is 8.96. The Morgan fingerprint density at radius 3 is 2.51 bits per heavy atom. The zero-order valence-electron chi connectivity index (χ0n) is 19.3. The molecule has 1 fully saturated rings. The average Bonchev–Trinajstić information content (AvgIpc) is 3.42. The van der Waals surface area contributed by atoms with Crippen LogP contribution in [0.2, 0.25) is 0 Å². The number of hydrogen-bond acceptors (Lipinski definition) is 6. The van der Waals surface area contributed by atoms with Crippen molar-refractivity contribution in [3.8, 4) is 27.7 Å². The van der Waals surface area contributed by atoms with Crippen LogP contribution in [-0.4, -0.2) is 52.8 Å². The molecule has 0 spiro atoms. The maximum Gasteiger partial charge on any atom is 0.195 e. The van der Waals surface area contributed by atoms with Crippen molar-refractivity contribution >= 4 is 27.2 Å². The van der Waals surface area contributed by atoms with Gasteiger partial charge in [0, 0.05) is 45.7 Å². The predicted octanol–water partition coefficient (Wildman–Crippen LogP) is 6.02. The number of carbonyl (C=O) groups is 1. The molecule has 5 nitrogen and oxygen atoms in total. The van der Waals surface area contributed by atoms with E-state index in [9.17, 15) is 19.4 Å². The van der Waals surface area contributed by atoms with Crippen LogP contribution in [0.3, 0.4) is 0 Å². The summed E-state index contributed by atoms with van der Waals surface area (Å²) in [6, 6.07) is 18.9. The summed E-state index contributed by atoms with van der Waals surface area (Å²) in [6.45, 7) is 3.49. The van der Waals surface area contributed by atoms with Gasteiger partial charge in [-0.15, -0.1) is 11.3 Å². The van der Waals surface area contributed by atoms with Gasteiger partial charge in [-0.2, -0.15) is 0 Å². The molecule has 1 aliphatic rings. The van der Waals surface area contributed by atoms with Gasteiger partial charge in [0.1, 0.15) is 29.5 Å². The minimum Gasteiger partial charge on any atom is -0.508 e. The monoisotopic (exact) mass is 491 g/mol. The number of ketones is 1. The molecule has 7 heteroatoms. The fraction of sp³-hybridized carbons (Fsp3) is 0.250. The summed E-state index contributed by atoms with van der Waals surface area (Å²) in [5.41, 5.74) is 1.92. The normalized spacial score (nSPS) is 17.0. The summed E-state index contributed by atoms with van der Waals surface area (Å²) in [5, 5.41) is 20.4. The highest BCUT2D eigenvalue weighted by atomic mass is 32.1. The van der Waals surface area contributed by atoms with E-state index in [-0.39, 0.29) is 23.4 Å². The van der Waals surface area contributed by atoms with Gasteiger partial charge in [-0.3, -0.25) is 9.69 Å². The minimum atomic E-state index is -0.859. The third-order valence-corrected chi connectivity index (χ3v) is 7.39. The molecule has 0 radical (unpaired) electrons. The van der Waals surface area contributed by atoms with Crippen molar-refractivity contribution in [2.75, 3.05) is 19.6 Å². The van der Waals surface area contributed by atoms with Crippen LogP contribution >= 0.6 is 11.3 Å². The summed E-state index contributed by atoms with van der Waals surface area (Å²) < 4.78 is 20.2. The summed E-state index contributed by atoms with van der Waals surface area (Å²) in [5.74, 6) is 0.851. The second kappa shape index (κ2) is 9.68. The van der Waals surface area contributed by atoms with E-state index >= 15 is 0 Å². The summed E-state index contributed by atoms with van der Waals surface area (Å²) >= 11 is 1.43. The number of alkyl halides is 1. The predicted molar refractivity (Wildman–Crippen MR) is 137 cm³/mol. The lowest BCUT2D eigenvalue weighted by Crippen LogP contribution is -2.29. The fourth-order valence-electron chi connectivity index (χ4n) is 4.56. The quantitative estimate of drug-likeness (QED) is 0.309. The maximum absolute atomic E-state index is 13.7. The molecule has 35 heavy (non-hydrogen) atoms. The Hall–Kier alpha value is -3.42. The van der Waals surface area contributed by atoms with Crippen LogP contribution in [0.1, 0.15) is 29.3 Å². The largest absolute Gasteiger partial charge is 0.508 e. The first kappa shape index (κ1) is 23.3. The molecule has 2 atom stereocenters. The third-order valence-electron chi connectivity index (χ3n) is 6.19. The molecule has 1 aliphatic heterocycles. The molecule has 5 rings (SSSR count). The highest BCUT2D eigenvalue weighted by Gasteiger charge is 2.26. The second-order valence-corrected chi connectivity index (χ2v) is 10.0. The fourth-order valence-corrected chi connectivity index (χ4v) is 5.80. The van der Waals surface area contributed by atoms with Gasteiger partial charge in [-0.25, -0.2) is 4.39 Å². The van der Waals surface area contributed by atoms with E-state index in [1.54, 1.807) is 73.7 Å². The number of aromatic hydroxyl groups is 2. The number of hydrogen-bond donors (Lipinski definition) is 2. The van der Waals surface area contributed by atoms with Gasteiger partial charge >= 0.3 is 0 Å². The lowest BCUT2D eigenvalue weighted by atomic mass is 9.97. The van der Waals surface area contributed by atoms with Crippen LogP contribution in [0.4, 0.5) is 4.39 Å². The lowest BCUT2D eigenvalue weighted by molar-refractivity contribution is 0.104. The minimum absolute atomic E-state index is 0.00453. The SMILES string of the molecule is CC(F)CN1CC[C@@H](Oc2ccc(C(=O)c3c(-c4ccc(O)cc4)sc4cc(O)ccc34)cc2)C1. The zero-order valence-corrected chi connectivity index (χ0v) is 20.1. The topological polar surface area (TPSA) is 70.0 Å². The highest BCUT2D eigenvalue weighted by Crippen LogP contribution is 2.41. The average molecular weight is 492 g/mol. The van der Waals surface area contributed by atoms with E-state index in [0.717, 1.165) is 33.5 Å². The molecular weight excluding hydrogens is 465 g/mol. The number of phenolic OH excluding ortho intramolecular Hbond substituents is 2. The van der Waals surface area contributed by atoms with Crippen molar-refractivity contribution in [3.63, 3.8) is 0 Å². The van der Waals surface area contributed by atoms with Crippen LogP contribution in [-0.2, 0) is 0 Å². The van der Waals surface area contributed by atoms with Gasteiger partial charge in [-0.1, -0.05) is 0 Å². The van der Waals surface area contributed by atoms with Crippen molar-refractivity contribution in [3.05, 3.63) is 77.9 Å². The molecule has 4 aromatic rings. The molecule has 0 amide bonds. The van der Waals surface area contributed by atoms with Crippen LogP contribution in [0.5, 0.6) is 17.2 Å². The standard InChI is InChI=1S/C28H26FNO4S/c1-17(29)15-30-13-12-23(16-30)34-22-9-4-18(5-10-22)27(33)26-24-11-8-21(32)14-25(24)35-28(26)19-2-6-20(31)7-3-19/h2-11,14,17,23,31-32H,12-13,15-16H2,1H3/t17?,23-/m1/s1. The Balaban J connectivity index is 1.41. The molecule has 1 saturated heterocycles. The van der Waals surface area contributed by atoms with E-state index in [1.165, 1.54) is 11.3 Å². The van der Waals surface area contributed by atoms with Crippen LogP contribution < -0.4 is 4.74 Å². The Morgan fingerprint density at radius 2 is 1.80 bits per heavy atom. The maximum atomic E-state index is 13.7. The number of phenols is 2. The van der Waals surface area contributed by atoms with Crippen molar-refractivity contribution in [1.82, 2.24) is 4.90 Å². The molecule has 180 valence electrons. The van der Waals surface area contributed by atoms with E-state index in [0.29, 0.717) is 30.0 Å². The molecule has 1 aromatic heterocycles. The Morgan fingerprint density at radius 1 is 1.09 bits per heavy atom. The number of benzene rings is 3. The van der Waals surface area contributed by atoms with Gasteiger partial charge in [-0.05, 0) is 85.6 Å². The van der Waals surface area contributed by atoms with Gasteiger partial charge in [0.05, 0.1) is 0 Å². The number of carbonyl (C=O) groups excluding carboxylic acids is 1. The molecule has 3 aromatic carbocycles. The van der Waals surface area contributed by atoms with Gasteiger partial charge in [0.15, 0.2) is 5.78 Å². The van der Waals surface area contributed by atoms with Crippen LogP contribution in [0, 0.1) is 0 Å². The molecule has 1 unspecified atom stereocenters. The van der Waals surface area contributed by atoms with E-state index in [2.05, 4.69) is 4.90 Å². The molecule has 0 bridgehead atoms. The Bertz CT molecular complexity index is 1350. The first-order chi connectivity index (χ1) is 16.9. The molecule has 2 heterocycles. The van der Waals surface area contributed by atoms with Crippen molar-refractivity contribution in [2.45, 2.75) is 25.6 Å². The highest BCUT2D eigenvalue weighted by molar-refractivity contribution is 7.22. The number of thiophene rings is 1. The number of halogens is 1. The lowest BCUT2D eigenvalue weighted by Gasteiger charge is -2.17. The summed E-state index contributed by atoms with van der Waals surface area (Å²) in [4.78, 5) is 16.5. The van der Waals surface area contributed by atoms with Gasteiger partial charge in [0.25, 0.3) is 0 Å². The van der Waals surface area contributed by atoms with E-state index < -0.39 is 6.17 Å². The summed E-state index contributed by atoms with van der Waals surface area (Å²) in [6.07, 6.45) is -0.00973. The van der Waals surface area contributed by atoms with E-state index in [1.807, 2.05) is 0 Å². The van der Waals surface area contributed by atoms with Crippen LogP contribution in [0.25, 0.3) is 20.5 Å². The zero-order chi connectivity index (χ0) is 24.5. The third kappa shape index (κ3) is 5.01. The first-order valence-electron chi connectivity index (χ1n) is 11.6. The number of nitrogens with zero attached hydrogens (tertiary/aromatic N) is 1. The number of rotatable bonds is 7. The molecular formula is C28H26FNO4S. The molecule has 2 N–H and O–H groups in total. The summed E-state index contributed by atoms with van der Waals surface area (Å²) in [7, 11) is 0. The number of likely N-dealkylation sites (tertiary alicyclic amines) is 1. The van der Waals surface area contributed by atoms with Crippen molar-refractivity contribution in [2.24, 2.45) is 0 Å². The molecule has 0 saturated carbocycles. The number of fused-ring (bicyclic) bond motifs is 1. The number of ether oxygens (including phenoxy) is 1. The van der Waals surface area contributed by atoms with Crippen molar-refractivity contribution < 1.29 is 24.1 Å². The Kier molecular flexibility index (Phi) is 6.45.